The number of para-hydroxylation sites is 1. The maximum absolute atomic E-state index is 11.6. The molecule has 2 heterocycles. The average Bonchev–Trinajstić information content (AvgIpc) is 3.34. The average molecular weight is 459 g/mol. The second-order valence-electron chi connectivity index (χ2n) is 7.32. The van der Waals surface area contributed by atoms with Crippen LogP contribution in [-0.2, 0) is 0 Å². The lowest BCUT2D eigenvalue weighted by Crippen LogP contribution is -2.30. The van der Waals surface area contributed by atoms with E-state index in [1.165, 1.54) is 16.3 Å². The van der Waals surface area contributed by atoms with Gasteiger partial charge in [-0.05, 0) is 68.8 Å². The third-order valence-electron chi connectivity index (χ3n) is 4.52. The van der Waals surface area contributed by atoms with Crippen LogP contribution in [0.25, 0.3) is 15.5 Å². The molecule has 0 aliphatic heterocycles. The largest absolute Gasteiger partial charge is 0.386 e. The fourth-order valence-electron chi connectivity index (χ4n) is 2.65. The van der Waals surface area contributed by atoms with Crippen LogP contribution >= 0.6 is 34.3 Å². The first-order chi connectivity index (χ1) is 14.1. The van der Waals surface area contributed by atoms with Crippen molar-refractivity contribution in [3.05, 3.63) is 81.5 Å². The molecule has 0 saturated heterocycles. The van der Waals surface area contributed by atoms with E-state index >= 15 is 0 Å². The molecule has 3 N–H and O–H groups in total. The molecule has 4 nitrogen and oxygen atoms in total. The number of carbonyl (C=O) groups is 1. The van der Waals surface area contributed by atoms with E-state index in [0.717, 1.165) is 19.5 Å². The second kappa shape index (κ2) is 8.88. The smallest absolute Gasteiger partial charge is 0.169 e. The van der Waals surface area contributed by atoms with E-state index in [2.05, 4.69) is 6.58 Å². The van der Waals surface area contributed by atoms with E-state index in [1.807, 2.05) is 42.5 Å². The molecule has 0 fully saturated rings. The van der Waals surface area contributed by atoms with E-state index in [1.54, 1.807) is 44.3 Å². The number of rotatable bonds is 7. The van der Waals surface area contributed by atoms with Crippen molar-refractivity contribution in [2.75, 3.05) is 5.01 Å². The number of anilines is 1. The van der Waals surface area contributed by atoms with Crippen LogP contribution in [0.3, 0.4) is 0 Å². The van der Waals surface area contributed by atoms with Gasteiger partial charge in [0.15, 0.2) is 5.78 Å². The molecule has 0 radical (unpaired) electrons. The SMILES string of the molecule is C=C(/C=C(/c1ccc(-c2ccc(C(C)=O)s2)s1)N(N)c1ccccc1Cl)C(C)(C)O. The van der Waals surface area contributed by atoms with Crippen LogP contribution in [-0.4, -0.2) is 16.5 Å². The van der Waals surface area contributed by atoms with E-state index in [4.69, 9.17) is 17.4 Å². The number of benzene rings is 1. The molecule has 3 rings (SSSR count). The molecule has 2 aromatic heterocycles. The number of aliphatic hydroxyl groups is 1. The summed E-state index contributed by atoms with van der Waals surface area (Å²) in [6.07, 6.45) is 1.77. The van der Waals surface area contributed by atoms with Crippen molar-refractivity contribution in [3.8, 4) is 9.75 Å². The van der Waals surface area contributed by atoms with Gasteiger partial charge in [-0.2, -0.15) is 0 Å². The molecule has 0 saturated carbocycles. The molecule has 30 heavy (non-hydrogen) atoms. The summed E-state index contributed by atoms with van der Waals surface area (Å²) in [5.74, 6) is 6.53. The van der Waals surface area contributed by atoms with Gasteiger partial charge < -0.3 is 5.11 Å². The predicted molar refractivity (Wildman–Crippen MR) is 129 cm³/mol. The molecule has 0 aliphatic rings. The zero-order valence-electron chi connectivity index (χ0n) is 17.0. The molecule has 3 aromatic rings. The van der Waals surface area contributed by atoms with Crippen LogP contribution < -0.4 is 10.9 Å². The molecular formula is C23H23ClN2O2S2. The molecule has 0 amide bonds. The lowest BCUT2D eigenvalue weighted by atomic mass is 9.98. The monoisotopic (exact) mass is 458 g/mol. The summed E-state index contributed by atoms with van der Waals surface area (Å²) in [6.45, 7) is 8.92. The van der Waals surface area contributed by atoms with Crippen molar-refractivity contribution in [3.63, 3.8) is 0 Å². The molecule has 0 unspecified atom stereocenters. The maximum Gasteiger partial charge on any atom is 0.169 e. The van der Waals surface area contributed by atoms with Crippen molar-refractivity contribution in [1.82, 2.24) is 0 Å². The van der Waals surface area contributed by atoms with Crippen molar-refractivity contribution < 1.29 is 9.90 Å². The molecule has 7 heteroatoms. The van der Waals surface area contributed by atoms with Crippen LogP contribution in [0, 0.1) is 0 Å². The normalized spacial score (nSPS) is 12.1. The van der Waals surface area contributed by atoms with Gasteiger partial charge in [0.2, 0.25) is 0 Å². The van der Waals surface area contributed by atoms with E-state index in [9.17, 15) is 9.90 Å². The van der Waals surface area contributed by atoms with Gasteiger partial charge in [0.25, 0.3) is 0 Å². The Kier molecular flexibility index (Phi) is 6.65. The Balaban J connectivity index is 2.06. The van der Waals surface area contributed by atoms with Gasteiger partial charge in [-0.3, -0.25) is 9.80 Å². The molecule has 156 valence electrons. The first kappa shape index (κ1) is 22.5. The van der Waals surface area contributed by atoms with Crippen molar-refractivity contribution in [2.24, 2.45) is 5.84 Å². The summed E-state index contributed by atoms with van der Waals surface area (Å²) in [6, 6.07) is 15.1. The molecule has 0 bridgehead atoms. The number of nitrogens with zero attached hydrogens (tertiary/aromatic N) is 1. The number of halogens is 1. The quantitative estimate of drug-likeness (QED) is 0.186. The number of carbonyl (C=O) groups excluding carboxylic acids is 1. The fraction of sp³-hybridized carbons (Fsp3) is 0.174. The summed E-state index contributed by atoms with van der Waals surface area (Å²) in [4.78, 5) is 15.3. The van der Waals surface area contributed by atoms with Gasteiger partial charge in [-0.15, -0.1) is 22.7 Å². The highest BCUT2D eigenvalue weighted by Crippen LogP contribution is 2.39. The van der Waals surface area contributed by atoms with Crippen LogP contribution in [0.2, 0.25) is 5.02 Å². The minimum absolute atomic E-state index is 0.0527. The summed E-state index contributed by atoms with van der Waals surface area (Å²) in [5, 5.41) is 12.4. The lowest BCUT2D eigenvalue weighted by molar-refractivity contribution is 0.102. The maximum atomic E-state index is 11.6. The Morgan fingerprint density at radius 3 is 2.20 bits per heavy atom. The third kappa shape index (κ3) is 4.91. The van der Waals surface area contributed by atoms with E-state index in [-0.39, 0.29) is 5.78 Å². The summed E-state index contributed by atoms with van der Waals surface area (Å²) < 4.78 is 0. The molecule has 0 atom stereocenters. The number of hydrogen-bond donors (Lipinski definition) is 2. The van der Waals surface area contributed by atoms with E-state index < -0.39 is 5.60 Å². The van der Waals surface area contributed by atoms with Crippen molar-refractivity contribution in [2.45, 2.75) is 26.4 Å². The minimum atomic E-state index is -1.10. The first-order valence-corrected chi connectivity index (χ1v) is 11.2. The van der Waals surface area contributed by atoms with Crippen molar-refractivity contribution >= 4 is 51.4 Å². The molecule has 1 aromatic carbocycles. The minimum Gasteiger partial charge on any atom is -0.386 e. The summed E-state index contributed by atoms with van der Waals surface area (Å²) >= 11 is 9.37. The topological polar surface area (TPSA) is 66.6 Å². The standard InChI is InChI=1S/C23H23ClN2O2S2/c1-14(23(3,4)28)13-18(26(25)17-8-6-5-7-16(17)24)20-10-12-22(30-20)21-11-9-19(29-21)15(2)27/h5-13,28H,1,25H2,2-4H3/b18-13-. The zero-order chi connectivity index (χ0) is 22.1. The number of thiophene rings is 2. The van der Waals surface area contributed by atoms with Gasteiger partial charge >= 0.3 is 0 Å². The highest BCUT2D eigenvalue weighted by atomic mass is 35.5. The van der Waals surface area contributed by atoms with Gasteiger partial charge in [0, 0.05) is 9.75 Å². The Morgan fingerprint density at radius 1 is 1.10 bits per heavy atom. The number of ketones is 1. The highest BCUT2D eigenvalue weighted by Gasteiger charge is 2.21. The number of hydrogen-bond acceptors (Lipinski definition) is 6. The van der Waals surface area contributed by atoms with Gasteiger partial charge in [0.1, 0.15) is 0 Å². The number of Topliss-reactive ketones (excluding diaryl/α,β-unsaturated/α-hetero) is 1. The Bertz CT molecular complexity index is 1120. The molecule has 0 aliphatic carbocycles. The van der Waals surface area contributed by atoms with Gasteiger partial charge in [0.05, 0.1) is 31.8 Å². The second-order valence-corrected chi connectivity index (χ2v) is 9.89. The zero-order valence-corrected chi connectivity index (χ0v) is 19.4. The highest BCUT2D eigenvalue weighted by molar-refractivity contribution is 7.23. The van der Waals surface area contributed by atoms with Crippen LogP contribution in [0.4, 0.5) is 5.69 Å². The summed E-state index contributed by atoms with van der Waals surface area (Å²) in [7, 11) is 0. The predicted octanol–water partition coefficient (Wildman–Crippen LogP) is 6.38. The third-order valence-corrected chi connectivity index (χ3v) is 7.33. The van der Waals surface area contributed by atoms with Crippen LogP contribution in [0.5, 0.6) is 0 Å². The Hall–Kier alpha value is -2.22. The molecule has 0 spiro atoms. The van der Waals surface area contributed by atoms with Gasteiger partial charge in [-0.25, -0.2) is 5.84 Å². The molecular weight excluding hydrogens is 436 g/mol. The fourth-order valence-corrected chi connectivity index (χ4v) is 4.88. The van der Waals surface area contributed by atoms with Gasteiger partial charge in [-0.1, -0.05) is 30.3 Å². The number of hydrazine groups is 1. The Morgan fingerprint density at radius 2 is 1.67 bits per heavy atom. The summed E-state index contributed by atoms with van der Waals surface area (Å²) in [5.41, 5.74) is 0.718. The number of nitrogens with two attached hydrogens (primary N) is 1. The lowest BCUT2D eigenvalue weighted by Gasteiger charge is -2.25. The van der Waals surface area contributed by atoms with Crippen LogP contribution in [0.15, 0.2) is 66.8 Å². The first-order valence-electron chi connectivity index (χ1n) is 9.22. The van der Waals surface area contributed by atoms with Crippen LogP contribution in [0.1, 0.15) is 35.3 Å². The van der Waals surface area contributed by atoms with E-state index in [0.29, 0.717) is 22.0 Å². The Labute approximate surface area is 189 Å². The van der Waals surface area contributed by atoms with Crippen molar-refractivity contribution in [1.29, 1.82) is 0 Å².